The van der Waals surface area contributed by atoms with Gasteiger partial charge < -0.3 is 0 Å². The number of thiophene rings is 1. The van der Waals surface area contributed by atoms with Crippen molar-refractivity contribution in [3.63, 3.8) is 0 Å². The third-order valence-electron chi connectivity index (χ3n) is 5.18. The highest BCUT2D eigenvalue weighted by Crippen LogP contribution is 2.34. The molecule has 29 heavy (non-hydrogen) atoms. The highest BCUT2D eigenvalue weighted by molar-refractivity contribution is 7.98. The second kappa shape index (κ2) is 6.86. The predicted molar refractivity (Wildman–Crippen MR) is 112 cm³/mol. The Balaban J connectivity index is 1.52. The molecule has 4 aromatic rings. The molecule has 0 spiro atoms. The Morgan fingerprint density at radius 3 is 2.97 bits per heavy atom. The fourth-order valence-corrected chi connectivity index (χ4v) is 5.89. The van der Waals surface area contributed by atoms with Crippen molar-refractivity contribution in [2.45, 2.75) is 36.6 Å². The molecule has 0 saturated heterocycles. The van der Waals surface area contributed by atoms with E-state index in [1.165, 1.54) is 39.0 Å². The van der Waals surface area contributed by atoms with Crippen LogP contribution in [0.1, 0.15) is 34.5 Å². The summed E-state index contributed by atoms with van der Waals surface area (Å²) in [6.07, 6.45) is 5.71. The quantitative estimate of drug-likeness (QED) is 0.399. The first-order chi connectivity index (χ1) is 14.1. The summed E-state index contributed by atoms with van der Waals surface area (Å²) in [7, 11) is 1.73. The summed E-state index contributed by atoms with van der Waals surface area (Å²) >= 11 is 2.99. The fourth-order valence-electron chi connectivity index (χ4n) is 3.72. The lowest BCUT2D eigenvalue weighted by atomic mass is 9.97. The molecule has 0 aromatic carbocycles. The zero-order chi connectivity index (χ0) is 20.1. The molecule has 146 valence electrons. The number of aromatic amines is 1. The number of aromatic nitrogens is 5. The van der Waals surface area contributed by atoms with Crippen LogP contribution in [0.2, 0.25) is 0 Å². The van der Waals surface area contributed by atoms with Gasteiger partial charge in [0.1, 0.15) is 16.5 Å². The van der Waals surface area contributed by atoms with E-state index in [0.29, 0.717) is 27.8 Å². The number of hydrogen-bond donors (Lipinski definition) is 1. The van der Waals surface area contributed by atoms with Gasteiger partial charge in [-0.25, -0.2) is 14.5 Å². The van der Waals surface area contributed by atoms with Gasteiger partial charge in [0.15, 0.2) is 10.8 Å². The van der Waals surface area contributed by atoms with E-state index in [-0.39, 0.29) is 11.1 Å². The minimum atomic E-state index is -0.282. The summed E-state index contributed by atoms with van der Waals surface area (Å²) < 4.78 is 2.82. The number of nitrogens with one attached hydrogen (secondary N) is 1. The topological polar surface area (TPSA) is 109 Å². The molecule has 10 heteroatoms. The molecule has 0 aliphatic heterocycles. The van der Waals surface area contributed by atoms with Crippen LogP contribution in [0.3, 0.4) is 0 Å². The van der Waals surface area contributed by atoms with Crippen LogP contribution < -0.4 is 11.1 Å². The van der Waals surface area contributed by atoms with E-state index >= 15 is 0 Å². The minimum absolute atomic E-state index is 0.0159. The number of hydrogen-bond acceptors (Lipinski definition) is 7. The Labute approximate surface area is 172 Å². The van der Waals surface area contributed by atoms with Crippen LogP contribution in [-0.2, 0) is 25.6 Å². The maximum absolute atomic E-state index is 13.0. The van der Waals surface area contributed by atoms with Crippen molar-refractivity contribution in [1.29, 1.82) is 5.26 Å². The van der Waals surface area contributed by atoms with E-state index in [1.54, 1.807) is 23.0 Å². The van der Waals surface area contributed by atoms with Crippen LogP contribution in [-0.4, -0.2) is 24.1 Å². The molecule has 0 unspecified atom stereocenters. The van der Waals surface area contributed by atoms with Gasteiger partial charge >= 0.3 is 0 Å². The third kappa shape index (κ3) is 2.89. The summed E-state index contributed by atoms with van der Waals surface area (Å²) in [6, 6.07) is 3.45. The molecule has 1 N–H and O–H groups in total. The van der Waals surface area contributed by atoms with Crippen molar-refractivity contribution in [3.8, 4) is 6.07 Å². The van der Waals surface area contributed by atoms with Crippen LogP contribution in [0.15, 0.2) is 27.0 Å². The molecule has 0 saturated carbocycles. The third-order valence-corrected chi connectivity index (χ3v) is 7.42. The Hall–Kier alpha value is -2.90. The average molecular weight is 425 g/mol. The molecule has 0 atom stereocenters. The standard InChI is InChI=1S/C19H16N6O2S2/c1-24-18(27)15-12-4-2-3-5-13(12)29-17(15)23-19(24)28-9-11-6-14(26)25-16(22-11)10(7-20)8-21-25/h6,8,21H,2-5,9H2,1H3. The maximum Gasteiger partial charge on any atom is 0.272 e. The van der Waals surface area contributed by atoms with Crippen LogP contribution in [0, 0.1) is 11.3 Å². The van der Waals surface area contributed by atoms with Crippen molar-refractivity contribution in [2.24, 2.45) is 7.05 Å². The van der Waals surface area contributed by atoms with Crippen molar-refractivity contribution in [1.82, 2.24) is 24.1 Å². The first-order valence-corrected chi connectivity index (χ1v) is 11.0. The number of thioether (sulfide) groups is 1. The normalized spacial score (nSPS) is 13.7. The molecule has 8 nitrogen and oxygen atoms in total. The molecule has 1 aliphatic carbocycles. The lowest BCUT2D eigenvalue weighted by molar-refractivity contribution is 0.695. The van der Waals surface area contributed by atoms with Gasteiger partial charge in [-0.3, -0.25) is 19.3 Å². The van der Waals surface area contributed by atoms with Crippen molar-refractivity contribution in [3.05, 3.63) is 54.7 Å². The Kier molecular flexibility index (Phi) is 4.29. The number of H-pyrrole nitrogens is 1. The van der Waals surface area contributed by atoms with Gasteiger partial charge in [0.2, 0.25) is 0 Å². The van der Waals surface area contributed by atoms with E-state index in [9.17, 15) is 14.9 Å². The molecule has 4 heterocycles. The van der Waals surface area contributed by atoms with Crippen molar-refractivity contribution < 1.29 is 0 Å². The summed E-state index contributed by atoms with van der Waals surface area (Å²) in [5, 5.41) is 13.3. The first-order valence-electron chi connectivity index (χ1n) is 9.21. The second-order valence-electron chi connectivity index (χ2n) is 6.98. The van der Waals surface area contributed by atoms with E-state index < -0.39 is 0 Å². The molecular weight excluding hydrogens is 408 g/mol. The van der Waals surface area contributed by atoms with Crippen molar-refractivity contribution in [2.75, 3.05) is 0 Å². The Morgan fingerprint density at radius 2 is 2.14 bits per heavy atom. The fraction of sp³-hybridized carbons (Fsp3) is 0.316. The van der Waals surface area contributed by atoms with Gasteiger partial charge in [0, 0.05) is 29.9 Å². The molecular formula is C19H16N6O2S2. The molecule has 1 aliphatic rings. The van der Waals surface area contributed by atoms with Gasteiger partial charge in [0.25, 0.3) is 11.1 Å². The Bertz CT molecular complexity index is 1440. The predicted octanol–water partition coefficient (Wildman–Crippen LogP) is 2.37. The number of nitriles is 1. The van der Waals surface area contributed by atoms with E-state index in [0.717, 1.165) is 35.9 Å². The average Bonchev–Trinajstić information content (AvgIpc) is 3.30. The van der Waals surface area contributed by atoms with E-state index in [1.807, 2.05) is 6.07 Å². The molecule has 0 fully saturated rings. The SMILES string of the molecule is Cn1c(SCc2cc(=O)n3[nH]cc(C#N)c3n2)nc2sc3c(c2c1=O)CCCC3. The molecule has 0 bridgehead atoms. The summed E-state index contributed by atoms with van der Waals surface area (Å²) in [5.74, 6) is 0.374. The number of rotatable bonds is 3. The minimum Gasteiger partial charge on any atom is -0.295 e. The first kappa shape index (κ1) is 18.1. The number of fused-ring (bicyclic) bond motifs is 4. The van der Waals surface area contributed by atoms with E-state index in [4.69, 9.17) is 4.98 Å². The monoisotopic (exact) mass is 424 g/mol. The number of nitrogens with zero attached hydrogens (tertiary/aromatic N) is 5. The second-order valence-corrected chi connectivity index (χ2v) is 9.01. The lowest BCUT2D eigenvalue weighted by Crippen LogP contribution is -2.20. The van der Waals surface area contributed by atoms with E-state index in [2.05, 4.69) is 10.1 Å². The van der Waals surface area contributed by atoms with Crippen LogP contribution >= 0.6 is 23.1 Å². The molecule has 4 aromatic heterocycles. The molecule has 5 rings (SSSR count). The highest BCUT2D eigenvalue weighted by Gasteiger charge is 2.21. The summed E-state index contributed by atoms with van der Waals surface area (Å²) in [4.78, 5) is 36.5. The van der Waals surface area contributed by atoms with Gasteiger partial charge in [-0.1, -0.05) is 11.8 Å². The maximum atomic E-state index is 13.0. The Morgan fingerprint density at radius 1 is 1.31 bits per heavy atom. The molecule has 0 amide bonds. The largest absolute Gasteiger partial charge is 0.295 e. The van der Waals surface area contributed by atoms with Gasteiger partial charge in [-0.05, 0) is 31.2 Å². The highest BCUT2D eigenvalue weighted by atomic mass is 32.2. The van der Waals surface area contributed by atoms with Gasteiger partial charge in [-0.2, -0.15) is 5.26 Å². The smallest absolute Gasteiger partial charge is 0.272 e. The van der Waals surface area contributed by atoms with Gasteiger partial charge in [-0.15, -0.1) is 11.3 Å². The van der Waals surface area contributed by atoms with Crippen LogP contribution in [0.4, 0.5) is 0 Å². The zero-order valence-corrected chi connectivity index (χ0v) is 17.2. The zero-order valence-electron chi connectivity index (χ0n) is 15.6. The summed E-state index contributed by atoms with van der Waals surface area (Å²) in [5.41, 5.74) is 2.03. The van der Waals surface area contributed by atoms with Crippen LogP contribution in [0.5, 0.6) is 0 Å². The number of aryl methyl sites for hydroxylation is 2. The lowest BCUT2D eigenvalue weighted by Gasteiger charge is -2.10. The van der Waals surface area contributed by atoms with Crippen LogP contribution in [0.25, 0.3) is 15.9 Å². The molecule has 0 radical (unpaired) electrons. The van der Waals surface area contributed by atoms with Crippen molar-refractivity contribution >= 4 is 39.0 Å². The summed E-state index contributed by atoms with van der Waals surface area (Å²) in [6.45, 7) is 0. The van der Waals surface area contributed by atoms with Gasteiger partial charge in [0.05, 0.1) is 11.1 Å².